The quantitative estimate of drug-likeness (QED) is 0.384. The van der Waals surface area contributed by atoms with Gasteiger partial charge >= 0.3 is 0 Å². The van der Waals surface area contributed by atoms with Crippen molar-refractivity contribution in [3.05, 3.63) is 105 Å². The minimum atomic E-state index is -0.0607. The van der Waals surface area contributed by atoms with Gasteiger partial charge in [-0.15, -0.1) is 11.3 Å². The second-order valence-corrected chi connectivity index (χ2v) is 8.25. The molecule has 0 fully saturated rings. The van der Waals surface area contributed by atoms with Gasteiger partial charge in [-0.05, 0) is 73.5 Å². The Morgan fingerprint density at radius 2 is 1.14 bits per heavy atom. The zero-order chi connectivity index (χ0) is 20.1. The molecule has 5 aromatic rings. The number of thiophene rings is 1. The van der Waals surface area contributed by atoms with Gasteiger partial charge in [0.1, 0.15) is 0 Å². The van der Waals surface area contributed by atoms with Crippen molar-refractivity contribution in [2.45, 2.75) is 13.8 Å². The lowest BCUT2D eigenvalue weighted by Crippen LogP contribution is -2.06. The number of pyridine rings is 2. The van der Waals surface area contributed by atoms with Crippen LogP contribution in [0, 0.1) is 13.8 Å². The van der Waals surface area contributed by atoms with Gasteiger partial charge in [0.2, 0.25) is 11.6 Å². The van der Waals surface area contributed by atoms with Crippen molar-refractivity contribution in [3.8, 4) is 0 Å². The van der Waals surface area contributed by atoms with Crippen molar-refractivity contribution in [2.24, 2.45) is 0 Å². The molecule has 0 saturated heterocycles. The monoisotopic (exact) mass is 398 g/mol. The predicted octanol–water partition coefficient (Wildman–Crippen LogP) is 5.33. The number of fused-ring (bicyclic) bond motifs is 2. The first-order valence-corrected chi connectivity index (χ1v) is 10.2. The zero-order valence-corrected chi connectivity index (χ0v) is 16.9. The molecule has 0 aliphatic heterocycles. The molecule has 0 radical (unpaired) electrons. The molecule has 5 rings (SSSR count). The van der Waals surface area contributed by atoms with Crippen LogP contribution in [0.3, 0.4) is 0 Å². The minimum Gasteiger partial charge on any atom is -0.313 e. The Balaban J connectivity index is 1.55. The Bertz CT molecular complexity index is 1310. The second kappa shape index (κ2) is 6.57. The molecule has 5 aromatic heterocycles. The highest BCUT2D eigenvalue weighted by atomic mass is 32.1. The van der Waals surface area contributed by atoms with Crippen molar-refractivity contribution < 1.29 is 9.59 Å². The van der Waals surface area contributed by atoms with Gasteiger partial charge in [0, 0.05) is 23.4 Å². The van der Waals surface area contributed by atoms with Gasteiger partial charge in [0.05, 0.1) is 21.1 Å². The van der Waals surface area contributed by atoms with Crippen LogP contribution in [0.25, 0.3) is 11.0 Å². The number of rotatable bonds is 4. The number of aromatic nitrogens is 2. The summed E-state index contributed by atoms with van der Waals surface area (Å²) in [6.07, 6.45) is 3.79. The highest BCUT2D eigenvalue weighted by Crippen LogP contribution is 2.27. The third-order valence-electron chi connectivity index (χ3n) is 5.22. The first kappa shape index (κ1) is 17.6. The lowest BCUT2D eigenvalue weighted by molar-refractivity contribution is 0.103. The molecule has 0 bridgehead atoms. The molecule has 0 aliphatic rings. The maximum atomic E-state index is 13.2. The molecule has 0 unspecified atom stereocenters. The fourth-order valence-corrected chi connectivity index (χ4v) is 4.80. The van der Waals surface area contributed by atoms with Crippen molar-refractivity contribution in [1.82, 2.24) is 8.80 Å². The summed E-state index contributed by atoms with van der Waals surface area (Å²) in [4.78, 5) is 27.6. The normalized spacial score (nSPS) is 11.4. The number of carbonyl (C=O) groups is 2. The van der Waals surface area contributed by atoms with E-state index >= 15 is 0 Å². The van der Waals surface area contributed by atoms with Gasteiger partial charge in [0.25, 0.3) is 0 Å². The molecule has 0 saturated carbocycles. The Morgan fingerprint density at radius 3 is 1.59 bits per heavy atom. The summed E-state index contributed by atoms with van der Waals surface area (Å²) in [7, 11) is 0. The molecule has 0 atom stereocenters. The van der Waals surface area contributed by atoms with E-state index in [1.54, 1.807) is 12.1 Å². The smallest absolute Gasteiger partial charge is 0.219 e. The summed E-state index contributed by atoms with van der Waals surface area (Å²) in [5, 5.41) is 0. The van der Waals surface area contributed by atoms with E-state index in [0.717, 1.165) is 22.2 Å². The van der Waals surface area contributed by atoms with Crippen LogP contribution in [0.2, 0.25) is 0 Å². The summed E-state index contributed by atoms with van der Waals surface area (Å²) < 4.78 is 3.81. The lowest BCUT2D eigenvalue weighted by atomic mass is 10.1. The molecular formula is C24H18N2O2S. The molecular weight excluding hydrogens is 380 g/mol. The molecule has 0 aliphatic carbocycles. The highest BCUT2D eigenvalue weighted by Gasteiger charge is 2.22. The van der Waals surface area contributed by atoms with Gasteiger partial charge < -0.3 is 8.80 Å². The topological polar surface area (TPSA) is 43.0 Å². The number of carbonyl (C=O) groups excluding carboxylic acids is 2. The third kappa shape index (κ3) is 2.74. The number of ketones is 2. The Kier molecular flexibility index (Phi) is 4.00. The molecule has 4 nitrogen and oxygen atoms in total. The van der Waals surface area contributed by atoms with Crippen molar-refractivity contribution in [1.29, 1.82) is 0 Å². The van der Waals surface area contributed by atoms with Gasteiger partial charge in [-0.3, -0.25) is 9.59 Å². The van der Waals surface area contributed by atoms with Gasteiger partial charge in [-0.25, -0.2) is 0 Å². The lowest BCUT2D eigenvalue weighted by Gasteiger charge is -2.03. The number of nitrogens with zero attached hydrogens (tertiary/aromatic N) is 2. The molecule has 0 aromatic carbocycles. The summed E-state index contributed by atoms with van der Waals surface area (Å²) in [6.45, 7) is 3.88. The third-order valence-corrected chi connectivity index (χ3v) is 6.31. The molecule has 29 heavy (non-hydrogen) atoms. The van der Waals surface area contributed by atoms with E-state index in [1.165, 1.54) is 11.3 Å². The largest absolute Gasteiger partial charge is 0.313 e. The van der Waals surface area contributed by atoms with Crippen molar-refractivity contribution in [3.63, 3.8) is 0 Å². The van der Waals surface area contributed by atoms with Crippen LogP contribution in [-0.4, -0.2) is 20.4 Å². The van der Waals surface area contributed by atoms with Crippen LogP contribution in [-0.2, 0) is 0 Å². The number of hydrogen-bond acceptors (Lipinski definition) is 3. The summed E-state index contributed by atoms with van der Waals surface area (Å²) in [5.41, 5.74) is 5.11. The molecule has 142 valence electrons. The minimum absolute atomic E-state index is 0.0607. The Hall–Kier alpha value is -3.44. The van der Waals surface area contributed by atoms with E-state index in [4.69, 9.17) is 0 Å². The molecule has 5 heteroatoms. The standard InChI is InChI=1S/C24H18N2O2S/c1-15-13-17-7-3-5-11-25(17)21(15)23(27)19-9-10-20(29-19)24(28)22-16(2)14-18-8-4-6-12-26(18)22/h3-14H,1-2H3. The summed E-state index contributed by atoms with van der Waals surface area (Å²) >= 11 is 1.25. The van der Waals surface area contributed by atoms with Gasteiger partial charge in [-0.1, -0.05) is 12.1 Å². The zero-order valence-electron chi connectivity index (χ0n) is 16.0. The summed E-state index contributed by atoms with van der Waals surface area (Å²) in [5.74, 6) is -0.121. The second-order valence-electron chi connectivity index (χ2n) is 7.17. The van der Waals surface area contributed by atoms with E-state index < -0.39 is 0 Å². The molecule has 0 amide bonds. The molecule has 5 heterocycles. The van der Waals surface area contributed by atoms with Crippen molar-refractivity contribution in [2.75, 3.05) is 0 Å². The van der Waals surface area contributed by atoms with Crippen LogP contribution < -0.4 is 0 Å². The molecule has 0 spiro atoms. The van der Waals surface area contributed by atoms with Gasteiger partial charge in [0.15, 0.2) is 0 Å². The molecule has 0 N–H and O–H groups in total. The first-order valence-electron chi connectivity index (χ1n) is 9.37. The van der Waals surface area contributed by atoms with Crippen LogP contribution in [0.15, 0.2) is 73.1 Å². The fourth-order valence-electron chi connectivity index (χ4n) is 3.91. The maximum absolute atomic E-state index is 13.2. The average molecular weight is 398 g/mol. The first-order chi connectivity index (χ1) is 14.0. The van der Waals surface area contributed by atoms with Crippen LogP contribution in [0.4, 0.5) is 0 Å². The van der Waals surface area contributed by atoms with Crippen LogP contribution in [0.1, 0.15) is 41.9 Å². The van der Waals surface area contributed by atoms with E-state index in [2.05, 4.69) is 0 Å². The van der Waals surface area contributed by atoms with E-state index in [0.29, 0.717) is 21.1 Å². The number of aryl methyl sites for hydroxylation is 2. The predicted molar refractivity (Wildman–Crippen MR) is 115 cm³/mol. The Morgan fingerprint density at radius 1 is 0.690 bits per heavy atom. The SMILES string of the molecule is Cc1cc2ccccn2c1C(=O)c1ccc(C(=O)c2c(C)cc3ccccn23)s1. The highest BCUT2D eigenvalue weighted by molar-refractivity contribution is 7.16. The number of hydrogen-bond donors (Lipinski definition) is 0. The fraction of sp³-hybridized carbons (Fsp3) is 0.0833. The van der Waals surface area contributed by atoms with Gasteiger partial charge in [-0.2, -0.15) is 0 Å². The van der Waals surface area contributed by atoms with Crippen molar-refractivity contribution >= 4 is 33.9 Å². The summed E-state index contributed by atoms with van der Waals surface area (Å²) in [6, 6.07) is 19.2. The van der Waals surface area contributed by atoms with E-state index in [1.807, 2.05) is 83.6 Å². The maximum Gasteiger partial charge on any atom is 0.219 e. The average Bonchev–Trinajstić information content (AvgIpc) is 3.41. The van der Waals surface area contributed by atoms with Crippen LogP contribution in [0.5, 0.6) is 0 Å². The van der Waals surface area contributed by atoms with E-state index in [-0.39, 0.29) is 11.6 Å². The Labute approximate surface area is 171 Å². The van der Waals surface area contributed by atoms with Crippen LogP contribution >= 0.6 is 11.3 Å². The van der Waals surface area contributed by atoms with E-state index in [9.17, 15) is 9.59 Å².